The molecular formula is C17H17FN2O3. The lowest BCUT2D eigenvalue weighted by atomic mass is 10.1. The van der Waals surface area contributed by atoms with Crippen LogP contribution in [-0.4, -0.2) is 21.3 Å². The van der Waals surface area contributed by atoms with Crippen LogP contribution in [0.5, 0.6) is 17.2 Å². The normalized spacial score (nSPS) is 9.87. The lowest BCUT2D eigenvalue weighted by Gasteiger charge is -2.15. The molecule has 2 aromatic carbocycles. The number of ether oxygens (including phenoxy) is 3. The summed E-state index contributed by atoms with van der Waals surface area (Å²) >= 11 is 0. The zero-order valence-corrected chi connectivity index (χ0v) is 13.1. The largest absolute Gasteiger partial charge is 0.496 e. The third-order valence-corrected chi connectivity index (χ3v) is 3.38. The minimum Gasteiger partial charge on any atom is -0.496 e. The maximum atomic E-state index is 13.6. The number of nitriles is 1. The molecular weight excluding hydrogens is 299 g/mol. The first kappa shape index (κ1) is 16.4. The highest BCUT2D eigenvalue weighted by Crippen LogP contribution is 2.35. The average Bonchev–Trinajstić information content (AvgIpc) is 2.59. The van der Waals surface area contributed by atoms with Gasteiger partial charge in [0.05, 0.1) is 27.0 Å². The van der Waals surface area contributed by atoms with Gasteiger partial charge in [0.1, 0.15) is 23.2 Å². The van der Waals surface area contributed by atoms with E-state index < -0.39 is 5.82 Å². The Morgan fingerprint density at radius 2 is 1.70 bits per heavy atom. The van der Waals surface area contributed by atoms with Crippen LogP contribution in [0.1, 0.15) is 11.1 Å². The number of hydrogen-bond acceptors (Lipinski definition) is 5. The molecule has 6 heteroatoms. The van der Waals surface area contributed by atoms with Crippen LogP contribution in [-0.2, 0) is 6.54 Å². The van der Waals surface area contributed by atoms with E-state index in [0.717, 1.165) is 5.56 Å². The number of benzene rings is 2. The molecule has 23 heavy (non-hydrogen) atoms. The molecule has 0 aromatic heterocycles. The zero-order valence-electron chi connectivity index (χ0n) is 13.1. The van der Waals surface area contributed by atoms with Gasteiger partial charge in [-0.2, -0.15) is 5.26 Å². The SMILES string of the molecule is COc1cc(OC)c(OC)cc1CNc1cccc(F)c1C#N. The van der Waals surface area contributed by atoms with E-state index in [9.17, 15) is 4.39 Å². The number of hydrogen-bond donors (Lipinski definition) is 1. The fraction of sp³-hybridized carbons (Fsp3) is 0.235. The summed E-state index contributed by atoms with van der Waals surface area (Å²) in [7, 11) is 4.64. The van der Waals surface area contributed by atoms with Crippen LogP contribution in [0.15, 0.2) is 30.3 Å². The van der Waals surface area contributed by atoms with Crippen molar-refractivity contribution in [2.24, 2.45) is 0 Å². The van der Waals surface area contributed by atoms with Crippen molar-refractivity contribution >= 4 is 5.69 Å². The Balaban J connectivity index is 2.31. The number of halogens is 1. The highest BCUT2D eigenvalue weighted by molar-refractivity contribution is 5.59. The summed E-state index contributed by atoms with van der Waals surface area (Å²) in [6, 6.07) is 9.79. The van der Waals surface area contributed by atoms with Crippen molar-refractivity contribution in [3.05, 3.63) is 47.3 Å². The summed E-state index contributed by atoms with van der Waals surface area (Å²) in [6.45, 7) is 0.335. The predicted molar refractivity (Wildman–Crippen MR) is 84.5 cm³/mol. The average molecular weight is 316 g/mol. The van der Waals surface area contributed by atoms with Gasteiger partial charge < -0.3 is 19.5 Å². The monoisotopic (exact) mass is 316 g/mol. The smallest absolute Gasteiger partial charge is 0.164 e. The third kappa shape index (κ3) is 3.46. The predicted octanol–water partition coefficient (Wildman–Crippen LogP) is 3.34. The van der Waals surface area contributed by atoms with Crippen molar-refractivity contribution in [2.45, 2.75) is 6.54 Å². The molecule has 0 fully saturated rings. The lowest BCUT2D eigenvalue weighted by Crippen LogP contribution is -2.05. The molecule has 0 aliphatic carbocycles. The molecule has 0 atom stereocenters. The fourth-order valence-electron chi connectivity index (χ4n) is 2.21. The Morgan fingerprint density at radius 3 is 2.30 bits per heavy atom. The van der Waals surface area contributed by atoms with Crippen LogP contribution < -0.4 is 19.5 Å². The second kappa shape index (κ2) is 7.36. The van der Waals surface area contributed by atoms with Gasteiger partial charge in [0, 0.05) is 18.2 Å². The first-order chi connectivity index (χ1) is 11.1. The summed E-state index contributed by atoms with van der Waals surface area (Å²) < 4.78 is 29.5. The number of anilines is 1. The number of nitrogens with zero attached hydrogens (tertiary/aromatic N) is 1. The van der Waals surface area contributed by atoms with E-state index >= 15 is 0 Å². The Bertz CT molecular complexity index is 741. The van der Waals surface area contributed by atoms with Gasteiger partial charge in [-0.3, -0.25) is 0 Å². The highest BCUT2D eigenvalue weighted by atomic mass is 19.1. The van der Waals surface area contributed by atoms with Crippen molar-refractivity contribution in [1.82, 2.24) is 0 Å². The first-order valence-corrected chi connectivity index (χ1v) is 6.86. The van der Waals surface area contributed by atoms with Crippen LogP contribution in [0.3, 0.4) is 0 Å². The van der Waals surface area contributed by atoms with Crippen LogP contribution in [0.25, 0.3) is 0 Å². The summed E-state index contributed by atoms with van der Waals surface area (Å²) in [5.41, 5.74) is 1.19. The molecule has 0 saturated heterocycles. The molecule has 2 rings (SSSR count). The summed E-state index contributed by atoms with van der Waals surface area (Å²) in [4.78, 5) is 0. The summed E-state index contributed by atoms with van der Waals surface area (Å²) in [5.74, 6) is 1.16. The number of nitrogens with one attached hydrogen (secondary N) is 1. The van der Waals surface area contributed by atoms with Gasteiger partial charge in [-0.05, 0) is 18.2 Å². The molecule has 0 unspecified atom stereocenters. The maximum absolute atomic E-state index is 13.6. The molecule has 120 valence electrons. The molecule has 0 bridgehead atoms. The van der Waals surface area contributed by atoms with Crippen molar-refractivity contribution in [3.8, 4) is 23.3 Å². The van der Waals surface area contributed by atoms with Gasteiger partial charge in [0.25, 0.3) is 0 Å². The van der Waals surface area contributed by atoms with E-state index in [1.54, 1.807) is 45.6 Å². The summed E-state index contributed by atoms with van der Waals surface area (Å²) in [6.07, 6.45) is 0. The van der Waals surface area contributed by atoms with E-state index in [1.165, 1.54) is 6.07 Å². The molecule has 0 spiro atoms. The third-order valence-electron chi connectivity index (χ3n) is 3.38. The maximum Gasteiger partial charge on any atom is 0.164 e. The van der Waals surface area contributed by atoms with Crippen LogP contribution in [0.2, 0.25) is 0 Å². The van der Waals surface area contributed by atoms with Crippen LogP contribution >= 0.6 is 0 Å². The van der Waals surface area contributed by atoms with Crippen LogP contribution in [0, 0.1) is 17.1 Å². The quantitative estimate of drug-likeness (QED) is 0.885. The van der Waals surface area contributed by atoms with Crippen molar-refractivity contribution in [2.75, 3.05) is 26.6 Å². The van der Waals surface area contributed by atoms with Gasteiger partial charge in [-0.1, -0.05) is 6.07 Å². The van der Waals surface area contributed by atoms with Crippen molar-refractivity contribution in [3.63, 3.8) is 0 Å². The number of rotatable bonds is 6. The second-order valence-corrected chi connectivity index (χ2v) is 4.65. The molecule has 0 radical (unpaired) electrons. The fourth-order valence-corrected chi connectivity index (χ4v) is 2.21. The van der Waals surface area contributed by atoms with Crippen molar-refractivity contribution in [1.29, 1.82) is 5.26 Å². The molecule has 0 heterocycles. The number of methoxy groups -OCH3 is 3. The van der Waals surface area contributed by atoms with Gasteiger partial charge in [0.2, 0.25) is 0 Å². The topological polar surface area (TPSA) is 63.5 Å². The van der Waals surface area contributed by atoms with E-state index in [1.807, 2.05) is 6.07 Å². The second-order valence-electron chi connectivity index (χ2n) is 4.65. The zero-order chi connectivity index (χ0) is 16.8. The Hall–Kier alpha value is -2.94. The van der Waals surface area contributed by atoms with Gasteiger partial charge in [-0.15, -0.1) is 0 Å². The van der Waals surface area contributed by atoms with Crippen LogP contribution in [0.4, 0.5) is 10.1 Å². The standard InChI is InChI=1S/C17H17FN2O3/c1-21-15-8-17(23-3)16(22-2)7-11(15)10-20-14-6-4-5-13(18)12(14)9-19/h4-8,20H,10H2,1-3H3. The lowest BCUT2D eigenvalue weighted by molar-refractivity contribution is 0.347. The Kier molecular flexibility index (Phi) is 5.26. The molecule has 0 aliphatic rings. The highest BCUT2D eigenvalue weighted by Gasteiger charge is 2.13. The summed E-state index contributed by atoms with van der Waals surface area (Å²) in [5, 5.41) is 12.1. The minimum absolute atomic E-state index is 0.0213. The molecule has 0 amide bonds. The van der Waals surface area contributed by atoms with Gasteiger partial charge in [0.15, 0.2) is 11.5 Å². The molecule has 1 N–H and O–H groups in total. The van der Waals surface area contributed by atoms with E-state index in [-0.39, 0.29) is 5.56 Å². The van der Waals surface area contributed by atoms with E-state index in [4.69, 9.17) is 19.5 Å². The molecule has 0 aliphatic heterocycles. The Labute approximate surface area is 134 Å². The first-order valence-electron chi connectivity index (χ1n) is 6.86. The minimum atomic E-state index is -0.559. The van der Waals surface area contributed by atoms with Gasteiger partial charge in [-0.25, -0.2) is 4.39 Å². The molecule has 0 saturated carbocycles. The van der Waals surface area contributed by atoms with E-state index in [0.29, 0.717) is 29.5 Å². The molecule has 2 aromatic rings. The van der Waals surface area contributed by atoms with Crippen molar-refractivity contribution < 1.29 is 18.6 Å². The molecule has 5 nitrogen and oxygen atoms in total. The Morgan fingerprint density at radius 1 is 1.04 bits per heavy atom. The van der Waals surface area contributed by atoms with Gasteiger partial charge >= 0.3 is 0 Å². The van der Waals surface area contributed by atoms with E-state index in [2.05, 4.69) is 5.32 Å².